The van der Waals surface area contributed by atoms with Gasteiger partial charge in [0, 0.05) is 38.1 Å². The van der Waals surface area contributed by atoms with Gasteiger partial charge in [-0.3, -0.25) is 9.59 Å². The van der Waals surface area contributed by atoms with E-state index < -0.39 is 0 Å². The number of rotatable bonds is 7. The van der Waals surface area contributed by atoms with E-state index in [-0.39, 0.29) is 22.7 Å². The monoisotopic (exact) mass is 365 g/mol. The number of nitrogens with one attached hydrogen (secondary N) is 1. The zero-order valence-electron chi connectivity index (χ0n) is 14.5. The molecule has 2 atom stereocenters. The summed E-state index contributed by atoms with van der Waals surface area (Å²) in [6.07, 6.45) is 3.02. The normalized spacial score (nSPS) is 25.1. The highest BCUT2D eigenvalue weighted by molar-refractivity contribution is 8.01. The van der Waals surface area contributed by atoms with E-state index in [1.807, 2.05) is 13.0 Å². The van der Waals surface area contributed by atoms with Crippen molar-refractivity contribution in [3.63, 3.8) is 0 Å². The van der Waals surface area contributed by atoms with Gasteiger partial charge >= 0.3 is 0 Å². The number of hydrogen-bond donors (Lipinski definition) is 1. The number of pyridine rings is 1. The summed E-state index contributed by atoms with van der Waals surface area (Å²) in [6, 6.07) is 3.25. The van der Waals surface area contributed by atoms with Crippen LogP contribution in [0.25, 0.3) is 0 Å². The third kappa shape index (κ3) is 3.90. The molecule has 2 amide bonds. The summed E-state index contributed by atoms with van der Waals surface area (Å²) < 4.78 is 10.3. The molecule has 3 rings (SSSR count). The minimum absolute atomic E-state index is 0.0758. The summed E-state index contributed by atoms with van der Waals surface area (Å²) in [4.78, 5) is 30.4. The first-order chi connectivity index (χ1) is 12.0. The topological polar surface area (TPSA) is 80.8 Å². The van der Waals surface area contributed by atoms with Crippen LogP contribution >= 0.6 is 11.8 Å². The Bertz CT molecular complexity index is 639. The molecule has 2 unspecified atom stereocenters. The molecule has 2 aliphatic heterocycles. The maximum absolute atomic E-state index is 12.5. The number of hydrogen-bond acceptors (Lipinski definition) is 6. The van der Waals surface area contributed by atoms with Crippen LogP contribution < -0.4 is 10.1 Å². The number of ether oxygens (including phenoxy) is 2. The number of thioether (sulfide) groups is 1. The van der Waals surface area contributed by atoms with E-state index in [0.29, 0.717) is 37.8 Å². The van der Waals surface area contributed by atoms with E-state index in [1.54, 1.807) is 36.0 Å². The van der Waals surface area contributed by atoms with Gasteiger partial charge in [0.15, 0.2) is 0 Å². The number of carbonyl (C=O) groups excluding carboxylic acids is 2. The van der Waals surface area contributed by atoms with E-state index in [2.05, 4.69) is 10.3 Å². The van der Waals surface area contributed by atoms with Crippen LogP contribution in [0.15, 0.2) is 18.3 Å². The van der Waals surface area contributed by atoms with Gasteiger partial charge in [-0.05, 0) is 18.9 Å². The lowest BCUT2D eigenvalue weighted by Crippen LogP contribution is -2.49. The van der Waals surface area contributed by atoms with Crippen molar-refractivity contribution in [3.05, 3.63) is 23.9 Å². The van der Waals surface area contributed by atoms with E-state index in [1.165, 1.54) is 0 Å². The molecular formula is C17H23N3O4S. The standard InChI is InChI=1S/C17H23N3O4S/c1-17-6-5-15(21)20(17)13(11-25-17)16(22)19-10-12-3-4-14(18-9-12)24-8-7-23-2/h3-4,9,13H,5-8,10-11H2,1-2H3,(H,19,22). The fourth-order valence-electron chi connectivity index (χ4n) is 3.15. The molecule has 3 heterocycles. The Hall–Kier alpha value is -1.80. The Morgan fingerprint density at radius 1 is 1.48 bits per heavy atom. The van der Waals surface area contributed by atoms with Crippen LogP contribution in [-0.4, -0.2) is 58.7 Å². The highest BCUT2D eigenvalue weighted by Gasteiger charge is 2.52. The zero-order chi connectivity index (χ0) is 17.9. The number of carbonyl (C=O) groups is 2. The summed E-state index contributed by atoms with van der Waals surface area (Å²) in [7, 11) is 1.61. The molecule has 2 aliphatic rings. The summed E-state index contributed by atoms with van der Waals surface area (Å²) in [6.45, 7) is 3.38. The fraction of sp³-hybridized carbons (Fsp3) is 0.588. The van der Waals surface area contributed by atoms with Crippen molar-refractivity contribution >= 4 is 23.6 Å². The third-order valence-corrected chi connectivity index (χ3v) is 6.05. The summed E-state index contributed by atoms with van der Waals surface area (Å²) in [5.74, 6) is 1.15. The number of fused-ring (bicyclic) bond motifs is 1. The Labute approximate surface area is 151 Å². The van der Waals surface area contributed by atoms with Gasteiger partial charge < -0.3 is 19.7 Å². The Morgan fingerprint density at radius 3 is 3.04 bits per heavy atom. The molecule has 136 valence electrons. The number of aromatic nitrogens is 1. The van der Waals surface area contributed by atoms with Crippen LogP contribution in [-0.2, 0) is 20.9 Å². The molecule has 1 N–H and O–H groups in total. The Morgan fingerprint density at radius 2 is 2.32 bits per heavy atom. The quantitative estimate of drug-likeness (QED) is 0.731. The molecule has 2 fully saturated rings. The van der Waals surface area contributed by atoms with Crippen molar-refractivity contribution in [1.82, 2.24) is 15.2 Å². The van der Waals surface area contributed by atoms with Gasteiger partial charge in [-0.25, -0.2) is 4.98 Å². The first-order valence-electron chi connectivity index (χ1n) is 8.34. The lowest BCUT2D eigenvalue weighted by molar-refractivity contribution is -0.138. The third-order valence-electron chi connectivity index (χ3n) is 4.55. The molecular weight excluding hydrogens is 342 g/mol. The van der Waals surface area contributed by atoms with Crippen molar-refractivity contribution in [2.75, 3.05) is 26.1 Å². The molecule has 1 aromatic rings. The molecule has 2 saturated heterocycles. The molecule has 0 radical (unpaired) electrons. The highest BCUT2D eigenvalue weighted by atomic mass is 32.2. The average molecular weight is 365 g/mol. The molecule has 0 aliphatic carbocycles. The molecule has 1 aromatic heterocycles. The Kier molecular flexibility index (Phi) is 5.48. The Balaban J connectivity index is 1.52. The first kappa shape index (κ1) is 18.0. The van der Waals surface area contributed by atoms with Crippen LogP contribution in [0.5, 0.6) is 5.88 Å². The largest absolute Gasteiger partial charge is 0.475 e. The van der Waals surface area contributed by atoms with Gasteiger partial charge in [-0.2, -0.15) is 0 Å². The van der Waals surface area contributed by atoms with Crippen LogP contribution in [0.4, 0.5) is 0 Å². The van der Waals surface area contributed by atoms with E-state index >= 15 is 0 Å². The fourth-order valence-corrected chi connectivity index (χ4v) is 4.58. The molecule has 0 bridgehead atoms. The minimum Gasteiger partial charge on any atom is -0.475 e. The smallest absolute Gasteiger partial charge is 0.243 e. The van der Waals surface area contributed by atoms with Crippen molar-refractivity contribution in [2.24, 2.45) is 0 Å². The maximum atomic E-state index is 12.5. The zero-order valence-corrected chi connectivity index (χ0v) is 15.3. The van der Waals surface area contributed by atoms with Crippen LogP contribution in [0.1, 0.15) is 25.3 Å². The lowest BCUT2D eigenvalue weighted by Gasteiger charge is -2.29. The second kappa shape index (κ2) is 7.61. The van der Waals surface area contributed by atoms with Gasteiger partial charge in [0.2, 0.25) is 17.7 Å². The van der Waals surface area contributed by atoms with Gasteiger partial charge in [-0.1, -0.05) is 6.07 Å². The second-order valence-electron chi connectivity index (χ2n) is 6.33. The van der Waals surface area contributed by atoms with E-state index in [4.69, 9.17) is 9.47 Å². The number of nitrogens with zero attached hydrogens (tertiary/aromatic N) is 2. The average Bonchev–Trinajstić information content (AvgIpc) is 3.10. The predicted molar refractivity (Wildman–Crippen MR) is 94.2 cm³/mol. The summed E-state index contributed by atoms with van der Waals surface area (Å²) >= 11 is 1.69. The number of amides is 2. The molecule has 8 heteroatoms. The van der Waals surface area contributed by atoms with Crippen molar-refractivity contribution in [3.8, 4) is 5.88 Å². The SMILES string of the molecule is COCCOc1ccc(CNC(=O)C2CSC3(C)CCC(=O)N23)cn1. The molecule has 25 heavy (non-hydrogen) atoms. The predicted octanol–water partition coefficient (Wildman–Crippen LogP) is 1.18. The second-order valence-corrected chi connectivity index (χ2v) is 7.83. The maximum Gasteiger partial charge on any atom is 0.243 e. The van der Waals surface area contributed by atoms with Crippen molar-refractivity contribution in [1.29, 1.82) is 0 Å². The first-order valence-corrected chi connectivity index (χ1v) is 9.32. The van der Waals surface area contributed by atoms with Crippen LogP contribution in [0.3, 0.4) is 0 Å². The minimum atomic E-state index is -0.380. The molecule has 7 nitrogen and oxygen atoms in total. The van der Waals surface area contributed by atoms with Gasteiger partial charge in [0.25, 0.3) is 0 Å². The van der Waals surface area contributed by atoms with Gasteiger partial charge in [0.1, 0.15) is 12.6 Å². The molecule has 0 saturated carbocycles. The van der Waals surface area contributed by atoms with Crippen molar-refractivity contribution in [2.45, 2.75) is 37.2 Å². The summed E-state index contributed by atoms with van der Waals surface area (Å²) in [5, 5.41) is 2.92. The van der Waals surface area contributed by atoms with Gasteiger partial charge in [0.05, 0.1) is 11.5 Å². The highest BCUT2D eigenvalue weighted by Crippen LogP contribution is 2.47. The van der Waals surface area contributed by atoms with Crippen LogP contribution in [0.2, 0.25) is 0 Å². The van der Waals surface area contributed by atoms with E-state index in [9.17, 15) is 9.59 Å². The number of methoxy groups -OCH3 is 1. The molecule has 0 spiro atoms. The van der Waals surface area contributed by atoms with Crippen molar-refractivity contribution < 1.29 is 19.1 Å². The van der Waals surface area contributed by atoms with E-state index in [0.717, 1.165) is 12.0 Å². The summed E-state index contributed by atoms with van der Waals surface area (Å²) in [5.41, 5.74) is 0.883. The molecule has 0 aromatic carbocycles. The van der Waals surface area contributed by atoms with Crippen LogP contribution in [0, 0.1) is 0 Å². The lowest BCUT2D eigenvalue weighted by atomic mass is 10.2. The van der Waals surface area contributed by atoms with Gasteiger partial charge in [-0.15, -0.1) is 11.8 Å².